The van der Waals surface area contributed by atoms with Gasteiger partial charge in [-0.1, -0.05) is 30.0 Å². The lowest BCUT2D eigenvalue weighted by Crippen LogP contribution is -2.25. The number of aryl methyl sites for hydroxylation is 1. The molecule has 0 saturated carbocycles. The molecule has 0 unspecified atom stereocenters. The van der Waals surface area contributed by atoms with Crippen LogP contribution in [0.25, 0.3) is 5.69 Å². The van der Waals surface area contributed by atoms with Crippen LogP contribution in [0.4, 0.5) is 0 Å². The van der Waals surface area contributed by atoms with Gasteiger partial charge in [0.15, 0.2) is 0 Å². The smallest absolute Gasteiger partial charge is 0.110 e. The predicted molar refractivity (Wildman–Crippen MR) is 81.2 cm³/mol. The molecule has 1 heterocycles. The van der Waals surface area contributed by atoms with Crippen molar-refractivity contribution in [3.05, 3.63) is 48.0 Å². The summed E-state index contributed by atoms with van der Waals surface area (Å²) in [5.41, 5.74) is 2.18. The molecule has 0 radical (unpaired) electrons. The van der Waals surface area contributed by atoms with Crippen molar-refractivity contribution in [2.75, 3.05) is 13.1 Å². The summed E-state index contributed by atoms with van der Waals surface area (Å²) in [5.74, 6) is 6.23. The van der Waals surface area contributed by atoms with Crippen LogP contribution in [0.15, 0.2) is 36.5 Å². The Labute approximate surface area is 120 Å². The summed E-state index contributed by atoms with van der Waals surface area (Å²) in [6.45, 7) is 3.74. The molecule has 0 bridgehead atoms. The van der Waals surface area contributed by atoms with Gasteiger partial charge in [-0.3, -0.25) is 9.47 Å². The second-order valence-corrected chi connectivity index (χ2v) is 4.52. The van der Waals surface area contributed by atoms with Crippen molar-refractivity contribution in [3.63, 3.8) is 0 Å². The zero-order chi connectivity index (χ0) is 14.4. The molecular formula is C17H17N3. The molecule has 0 aliphatic heterocycles. The highest BCUT2D eigenvalue weighted by Gasteiger charge is 2.11. The fourth-order valence-corrected chi connectivity index (χ4v) is 2.19. The zero-order valence-corrected chi connectivity index (χ0v) is 11.6. The Morgan fingerprint density at radius 1 is 1.15 bits per heavy atom. The second kappa shape index (κ2) is 6.61. The summed E-state index contributed by atoms with van der Waals surface area (Å²) in [7, 11) is 0. The van der Waals surface area contributed by atoms with Crippen LogP contribution in [0.3, 0.4) is 0 Å². The quantitative estimate of drug-likeness (QED) is 0.771. The minimum absolute atomic E-state index is 0.531. The lowest BCUT2D eigenvalue weighted by molar-refractivity contribution is 0.331. The molecule has 1 aromatic carbocycles. The van der Waals surface area contributed by atoms with Crippen LogP contribution < -0.4 is 0 Å². The molecule has 0 aliphatic carbocycles. The SMILES string of the molecule is C#CCN(CC#C)Cc1cnc(C)n1-c1ccccc1. The van der Waals surface area contributed by atoms with Crippen molar-refractivity contribution in [2.24, 2.45) is 0 Å². The molecule has 2 aromatic rings. The number of imidazole rings is 1. The van der Waals surface area contributed by atoms with Gasteiger partial charge >= 0.3 is 0 Å². The van der Waals surface area contributed by atoms with Crippen LogP contribution in [-0.4, -0.2) is 27.5 Å². The number of benzene rings is 1. The van der Waals surface area contributed by atoms with Crippen LogP contribution in [0.1, 0.15) is 11.5 Å². The minimum atomic E-state index is 0.531. The zero-order valence-electron chi connectivity index (χ0n) is 11.6. The van der Waals surface area contributed by atoms with Crippen LogP contribution in [0.5, 0.6) is 0 Å². The van der Waals surface area contributed by atoms with E-state index in [1.807, 2.05) is 36.2 Å². The highest BCUT2D eigenvalue weighted by molar-refractivity contribution is 5.35. The topological polar surface area (TPSA) is 21.1 Å². The molecule has 0 spiro atoms. The summed E-state index contributed by atoms with van der Waals surface area (Å²) < 4.78 is 2.13. The normalized spacial score (nSPS) is 10.2. The highest BCUT2D eigenvalue weighted by Crippen LogP contribution is 2.15. The van der Waals surface area contributed by atoms with Gasteiger partial charge in [0, 0.05) is 12.2 Å². The molecule has 0 N–H and O–H groups in total. The number of aromatic nitrogens is 2. The number of rotatable bonds is 5. The first-order chi connectivity index (χ1) is 9.76. The Hall–Kier alpha value is -2.49. The van der Waals surface area contributed by atoms with Crippen molar-refractivity contribution in [1.29, 1.82) is 0 Å². The summed E-state index contributed by atoms with van der Waals surface area (Å²) in [4.78, 5) is 6.44. The van der Waals surface area contributed by atoms with Gasteiger partial charge in [0.25, 0.3) is 0 Å². The van der Waals surface area contributed by atoms with Gasteiger partial charge in [-0.25, -0.2) is 4.98 Å². The van der Waals surface area contributed by atoms with Crippen molar-refractivity contribution in [1.82, 2.24) is 14.5 Å². The van der Waals surface area contributed by atoms with Crippen LogP contribution >= 0.6 is 0 Å². The number of terminal acetylenes is 2. The van der Waals surface area contributed by atoms with E-state index in [1.54, 1.807) is 0 Å². The lowest BCUT2D eigenvalue weighted by Gasteiger charge is -2.18. The van der Waals surface area contributed by atoms with Gasteiger partial charge in [0.05, 0.1) is 25.0 Å². The van der Waals surface area contributed by atoms with Crippen molar-refractivity contribution >= 4 is 0 Å². The van der Waals surface area contributed by atoms with E-state index in [2.05, 4.69) is 33.5 Å². The molecule has 20 heavy (non-hydrogen) atoms. The average molecular weight is 263 g/mol. The van der Waals surface area contributed by atoms with E-state index >= 15 is 0 Å². The fraction of sp³-hybridized carbons (Fsp3) is 0.235. The van der Waals surface area contributed by atoms with E-state index in [0.717, 1.165) is 17.2 Å². The molecule has 100 valence electrons. The molecule has 0 fully saturated rings. The standard InChI is InChI=1S/C17H17N3/c1-4-11-19(12-5-2)14-17-13-18-15(3)20(17)16-9-7-6-8-10-16/h1-2,6-10,13H,11-12,14H2,3H3. The van der Waals surface area contributed by atoms with Crippen LogP contribution in [0, 0.1) is 31.6 Å². The van der Waals surface area contributed by atoms with Gasteiger partial charge in [-0.05, 0) is 19.1 Å². The Kier molecular flexibility index (Phi) is 4.60. The van der Waals surface area contributed by atoms with E-state index in [1.165, 1.54) is 0 Å². The maximum atomic E-state index is 5.39. The molecule has 0 saturated heterocycles. The van der Waals surface area contributed by atoms with E-state index in [9.17, 15) is 0 Å². The highest BCUT2D eigenvalue weighted by atomic mass is 15.2. The molecular weight excluding hydrogens is 246 g/mol. The summed E-state index contributed by atoms with van der Waals surface area (Å²) >= 11 is 0. The average Bonchev–Trinajstić information content (AvgIpc) is 2.81. The molecule has 3 heteroatoms. The summed E-state index contributed by atoms with van der Waals surface area (Å²) in [5, 5.41) is 0. The van der Waals surface area contributed by atoms with Crippen molar-refractivity contribution in [2.45, 2.75) is 13.5 Å². The largest absolute Gasteiger partial charge is 0.300 e. The van der Waals surface area contributed by atoms with Gasteiger partial charge in [-0.15, -0.1) is 12.8 Å². The monoisotopic (exact) mass is 263 g/mol. The number of nitrogens with zero attached hydrogens (tertiary/aromatic N) is 3. The minimum Gasteiger partial charge on any atom is -0.300 e. The summed E-state index contributed by atoms with van der Waals surface area (Å²) in [6.07, 6.45) is 12.6. The molecule has 0 atom stereocenters. The Bertz CT molecular complexity index is 625. The van der Waals surface area contributed by atoms with E-state index in [0.29, 0.717) is 19.6 Å². The van der Waals surface area contributed by atoms with Crippen LogP contribution in [0.2, 0.25) is 0 Å². The molecule has 3 nitrogen and oxygen atoms in total. The summed E-state index contributed by atoms with van der Waals surface area (Å²) in [6, 6.07) is 10.1. The van der Waals surface area contributed by atoms with Crippen molar-refractivity contribution < 1.29 is 0 Å². The third-order valence-corrected chi connectivity index (χ3v) is 3.04. The Balaban J connectivity index is 2.30. The van der Waals surface area contributed by atoms with Gasteiger partial charge in [-0.2, -0.15) is 0 Å². The molecule has 1 aromatic heterocycles. The molecule has 0 amide bonds. The van der Waals surface area contributed by atoms with E-state index in [4.69, 9.17) is 12.8 Å². The third-order valence-electron chi connectivity index (χ3n) is 3.04. The van der Waals surface area contributed by atoms with E-state index in [-0.39, 0.29) is 0 Å². The van der Waals surface area contributed by atoms with Crippen molar-refractivity contribution in [3.8, 4) is 30.4 Å². The van der Waals surface area contributed by atoms with Gasteiger partial charge in [0.1, 0.15) is 5.82 Å². The third kappa shape index (κ3) is 3.09. The first-order valence-corrected chi connectivity index (χ1v) is 6.44. The molecule has 0 aliphatic rings. The fourth-order valence-electron chi connectivity index (χ4n) is 2.19. The predicted octanol–water partition coefficient (Wildman–Crippen LogP) is 2.25. The van der Waals surface area contributed by atoms with Gasteiger partial charge in [0.2, 0.25) is 0 Å². The van der Waals surface area contributed by atoms with E-state index < -0.39 is 0 Å². The second-order valence-electron chi connectivity index (χ2n) is 4.52. The number of para-hydroxylation sites is 1. The Morgan fingerprint density at radius 3 is 2.40 bits per heavy atom. The maximum absolute atomic E-state index is 5.39. The first kappa shape index (κ1) is 13.9. The molecule has 2 rings (SSSR count). The van der Waals surface area contributed by atoms with Gasteiger partial charge < -0.3 is 0 Å². The number of hydrogen-bond acceptors (Lipinski definition) is 2. The maximum Gasteiger partial charge on any atom is 0.110 e. The first-order valence-electron chi connectivity index (χ1n) is 6.44. The Morgan fingerprint density at radius 2 is 1.80 bits per heavy atom. The van der Waals surface area contributed by atoms with Crippen LogP contribution in [-0.2, 0) is 6.54 Å². The number of hydrogen-bond donors (Lipinski definition) is 0. The lowest BCUT2D eigenvalue weighted by atomic mass is 10.3.